The number of benzene rings is 1. The topological polar surface area (TPSA) is 26.0 Å². The van der Waals surface area contributed by atoms with Crippen molar-refractivity contribution in [2.24, 2.45) is 5.73 Å². The van der Waals surface area contributed by atoms with E-state index >= 15 is 0 Å². The first kappa shape index (κ1) is 11.3. The maximum Gasteiger partial charge on any atom is 0.133 e. The highest BCUT2D eigenvalue weighted by molar-refractivity contribution is 5.66. The molecule has 1 nitrogen and oxygen atoms in total. The van der Waals surface area contributed by atoms with Crippen molar-refractivity contribution < 1.29 is 8.78 Å². The van der Waals surface area contributed by atoms with Gasteiger partial charge in [0.1, 0.15) is 11.6 Å². The van der Waals surface area contributed by atoms with E-state index in [1.807, 2.05) is 6.08 Å². The second kappa shape index (κ2) is 4.74. The van der Waals surface area contributed by atoms with Gasteiger partial charge in [-0.3, -0.25) is 0 Å². The van der Waals surface area contributed by atoms with E-state index in [1.165, 1.54) is 12.1 Å². The lowest BCUT2D eigenvalue weighted by Crippen LogP contribution is -2.15. The monoisotopic (exact) mass is 223 g/mol. The Kier molecular flexibility index (Phi) is 3.34. The molecule has 1 aromatic rings. The molecule has 0 radical (unpaired) electrons. The predicted molar refractivity (Wildman–Crippen MR) is 60.8 cm³/mol. The number of allylic oxidation sites excluding steroid dienone is 1. The van der Waals surface area contributed by atoms with Crippen molar-refractivity contribution in [1.82, 2.24) is 0 Å². The second-order valence-electron chi connectivity index (χ2n) is 4.23. The first-order valence-electron chi connectivity index (χ1n) is 5.58. The molecule has 86 valence electrons. The third-order valence-corrected chi connectivity index (χ3v) is 2.93. The summed E-state index contributed by atoms with van der Waals surface area (Å²) in [6.45, 7) is 0. The third kappa shape index (κ3) is 2.47. The Labute approximate surface area is 94.0 Å². The molecule has 0 saturated heterocycles. The van der Waals surface area contributed by atoms with Crippen molar-refractivity contribution in [2.45, 2.75) is 31.7 Å². The molecule has 1 aliphatic carbocycles. The Hall–Kier alpha value is -1.22. The van der Waals surface area contributed by atoms with Gasteiger partial charge >= 0.3 is 0 Å². The summed E-state index contributed by atoms with van der Waals surface area (Å²) in [5, 5.41) is 0. The Morgan fingerprint density at radius 3 is 2.75 bits per heavy atom. The molecule has 0 heterocycles. The average Bonchev–Trinajstić information content (AvgIpc) is 2.43. The van der Waals surface area contributed by atoms with Gasteiger partial charge in [0.15, 0.2) is 0 Å². The zero-order valence-electron chi connectivity index (χ0n) is 9.05. The molecule has 0 amide bonds. The molecule has 2 rings (SSSR count). The van der Waals surface area contributed by atoms with Crippen LogP contribution in [0.2, 0.25) is 0 Å². The number of hydrogen-bond acceptors (Lipinski definition) is 1. The van der Waals surface area contributed by atoms with E-state index in [9.17, 15) is 8.78 Å². The maximum absolute atomic E-state index is 13.6. The number of rotatable bonds is 1. The average molecular weight is 223 g/mol. The fourth-order valence-corrected chi connectivity index (χ4v) is 2.09. The number of nitrogens with two attached hydrogens (primary N) is 1. The first-order valence-corrected chi connectivity index (χ1v) is 5.58. The van der Waals surface area contributed by atoms with Crippen molar-refractivity contribution in [2.75, 3.05) is 0 Å². The van der Waals surface area contributed by atoms with Crippen LogP contribution in [-0.4, -0.2) is 6.04 Å². The lowest BCUT2D eigenvalue weighted by atomic mass is 10.0. The Morgan fingerprint density at radius 1 is 1.19 bits per heavy atom. The van der Waals surface area contributed by atoms with Gasteiger partial charge < -0.3 is 5.73 Å². The van der Waals surface area contributed by atoms with Gasteiger partial charge in [-0.15, -0.1) is 0 Å². The summed E-state index contributed by atoms with van der Waals surface area (Å²) in [5.74, 6) is -1.04. The summed E-state index contributed by atoms with van der Waals surface area (Å²) in [6.07, 6.45) is 5.73. The van der Waals surface area contributed by atoms with Crippen LogP contribution in [0.5, 0.6) is 0 Å². The summed E-state index contributed by atoms with van der Waals surface area (Å²) >= 11 is 0. The van der Waals surface area contributed by atoms with E-state index < -0.39 is 11.6 Å². The highest BCUT2D eigenvalue weighted by atomic mass is 19.1. The van der Waals surface area contributed by atoms with Gasteiger partial charge in [-0.25, -0.2) is 8.78 Å². The van der Waals surface area contributed by atoms with E-state index in [1.54, 1.807) is 0 Å². The van der Waals surface area contributed by atoms with E-state index in [2.05, 4.69) is 0 Å². The van der Waals surface area contributed by atoms with Crippen molar-refractivity contribution in [3.8, 4) is 0 Å². The predicted octanol–water partition coefficient (Wildman–Crippen LogP) is 3.25. The summed E-state index contributed by atoms with van der Waals surface area (Å²) in [7, 11) is 0. The standard InChI is InChI=1S/C13H15F2N/c14-10-5-6-12(13(15)8-10)9-3-1-2-4-11(16)7-9/h5-8,11H,1-4,16H2. The number of hydrogen-bond donors (Lipinski definition) is 1. The van der Waals surface area contributed by atoms with Crippen molar-refractivity contribution in [3.63, 3.8) is 0 Å². The Bertz CT molecular complexity index is 412. The summed E-state index contributed by atoms with van der Waals surface area (Å²) in [6, 6.07) is 3.69. The molecule has 0 fully saturated rings. The van der Waals surface area contributed by atoms with E-state index in [0.717, 1.165) is 37.3 Å². The minimum atomic E-state index is -0.542. The minimum Gasteiger partial charge on any atom is -0.324 e. The molecular formula is C13H15F2N. The van der Waals surface area contributed by atoms with E-state index in [4.69, 9.17) is 5.73 Å². The number of halogens is 2. The molecule has 1 unspecified atom stereocenters. The molecule has 1 aliphatic rings. The van der Waals surface area contributed by atoms with Crippen molar-refractivity contribution in [1.29, 1.82) is 0 Å². The Morgan fingerprint density at radius 2 is 2.00 bits per heavy atom. The molecule has 1 aromatic carbocycles. The normalized spacial score (nSPS) is 21.4. The lowest BCUT2D eigenvalue weighted by Gasteiger charge is -2.08. The van der Waals surface area contributed by atoms with Gasteiger partial charge in [-0.2, -0.15) is 0 Å². The van der Waals surface area contributed by atoms with Crippen molar-refractivity contribution >= 4 is 5.57 Å². The smallest absolute Gasteiger partial charge is 0.133 e. The molecule has 2 N–H and O–H groups in total. The fourth-order valence-electron chi connectivity index (χ4n) is 2.09. The lowest BCUT2D eigenvalue weighted by molar-refractivity contribution is 0.580. The van der Waals surface area contributed by atoms with Crippen LogP contribution < -0.4 is 5.73 Å². The van der Waals surface area contributed by atoms with Gasteiger partial charge in [0.25, 0.3) is 0 Å². The van der Waals surface area contributed by atoms with Gasteiger partial charge in [-0.05, 0) is 37.0 Å². The first-order chi connectivity index (χ1) is 7.66. The molecule has 0 aliphatic heterocycles. The van der Waals surface area contributed by atoms with Gasteiger partial charge in [0, 0.05) is 17.7 Å². The third-order valence-electron chi connectivity index (χ3n) is 2.93. The molecular weight excluding hydrogens is 208 g/mol. The quantitative estimate of drug-likeness (QED) is 0.777. The zero-order valence-corrected chi connectivity index (χ0v) is 9.05. The zero-order chi connectivity index (χ0) is 11.5. The van der Waals surface area contributed by atoms with Gasteiger partial charge in [0.05, 0.1) is 0 Å². The summed E-state index contributed by atoms with van der Waals surface area (Å²) in [5.41, 5.74) is 7.26. The molecule has 0 aromatic heterocycles. The SMILES string of the molecule is NC1C=C(c2ccc(F)cc2F)CCCC1. The van der Waals surface area contributed by atoms with Crippen LogP contribution in [0.15, 0.2) is 24.3 Å². The molecule has 1 atom stereocenters. The van der Waals surface area contributed by atoms with Crippen LogP contribution in [0.4, 0.5) is 8.78 Å². The van der Waals surface area contributed by atoms with E-state index in [-0.39, 0.29) is 6.04 Å². The van der Waals surface area contributed by atoms with Crippen LogP contribution in [-0.2, 0) is 0 Å². The van der Waals surface area contributed by atoms with Gasteiger partial charge in [0.2, 0.25) is 0 Å². The van der Waals surface area contributed by atoms with Crippen molar-refractivity contribution in [3.05, 3.63) is 41.5 Å². The van der Waals surface area contributed by atoms with Crippen LogP contribution in [0.3, 0.4) is 0 Å². The summed E-state index contributed by atoms with van der Waals surface area (Å²) in [4.78, 5) is 0. The molecule has 0 saturated carbocycles. The van der Waals surface area contributed by atoms with Crippen LogP contribution in [0.25, 0.3) is 5.57 Å². The largest absolute Gasteiger partial charge is 0.324 e. The van der Waals surface area contributed by atoms with Gasteiger partial charge in [-0.1, -0.05) is 12.5 Å². The highest BCUT2D eigenvalue weighted by Crippen LogP contribution is 2.27. The molecule has 16 heavy (non-hydrogen) atoms. The molecule has 0 bridgehead atoms. The highest BCUT2D eigenvalue weighted by Gasteiger charge is 2.13. The second-order valence-corrected chi connectivity index (χ2v) is 4.23. The van der Waals surface area contributed by atoms with Crippen LogP contribution >= 0.6 is 0 Å². The molecule has 0 spiro atoms. The minimum absolute atomic E-state index is 0.0121. The van der Waals surface area contributed by atoms with Crippen LogP contribution in [0.1, 0.15) is 31.2 Å². The molecule has 3 heteroatoms. The fraction of sp³-hybridized carbons (Fsp3) is 0.385. The van der Waals surface area contributed by atoms with E-state index in [0.29, 0.717) is 5.56 Å². The van der Waals surface area contributed by atoms with Crippen LogP contribution in [0, 0.1) is 11.6 Å². The maximum atomic E-state index is 13.6. The Balaban J connectivity index is 2.35. The summed E-state index contributed by atoms with van der Waals surface area (Å²) < 4.78 is 26.4.